The van der Waals surface area contributed by atoms with E-state index >= 15 is 0 Å². The van der Waals surface area contributed by atoms with Crippen LogP contribution in [-0.4, -0.2) is 19.5 Å². The molecule has 0 amide bonds. The molecule has 5 heteroatoms. The topological polar surface area (TPSA) is 18.5 Å². The molecule has 2 nitrogen and oxygen atoms in total. The van der Waals surface area contributed by atoms with E-state index in [1.165, 1.54) is 0 Å². The zero-order valence-corrected chi connectivity index (χ0v) is 13.3. The van der Waals surface area contributed by atoms with Crippen LogP contribution in [0.25, 0.3) is 6.08 Å². The van der Waals surface area contributed by atoms with E-state index in [0.29, 0.717) is 23.3 Å². The average Bonchev–Trinajstić information content (AvgIpc) is 2.32. The molecular formula is C13H15BrCl2O2. The number of halogens is 3. The fraction of sp³-hybridized carbons (Fsp3) is 0.385. The maximum atomic E-state index is 6.10. The lowest BCUT2D eigenvalue weighted by atomic mass is 10.2. The predicted molar refractivity (Wildman–Crippen MR) is 80.4 cm³/mol. The highest BCUT2D eigenvalue weighted by atomic mass is 79.9. The van der Waals surface area contributed by atoms with E-state index in [1.807, 2.05) is 26.0 Å². The number of rotatable bonds is 6. The summed E-state index contributed by atoms with van der Waals surface area (Å²) in [5.74, 6) is 0. The van der Waals surface area contributed by atoms with Gasteiger partial charge in [-0.1, -0.05) is 45.2 Å². The molecule has 1 aromatic carbocycles. The molecule has 0 saturated heterocycles. The van der Waals surface area contributed by atoms with Gasteiger partial charge in [0.25, 0.3) is 0 Å². The minimum atomic E-state index is -0.410. The number of ether oxygens (including phenoxy) is 2. The summed E-state index contributed by atoms with van der Waals surface area (Å²) in [6.45, 7) is 4.98. The largest absolute Gasteiger partial charge is 0.348 e. The van der Waals surface area contributed by atoms with E-state index in [4.69, 9.17) is 32.7 Å². The second-order valence-corrected chi connectivity index (χ2v) is 5.20. The quantitative estimate of drug-likeness (QED) is 0.660. The normalized spacial score (nSPS) is 12.2. The Bertz CT molecular complexity index is 415. The molecule has 0 unspecified atom stereocenters. The van der Waals surface area contributed by atoms with Crippen LogP contribution in [0.2, 0.25) is 10.0 Å². The molecule has 0 atom stereocenters. The van der Waals surface area contributed by atoms with E-state index in [-0.39, 0.29) is 0 Å². The van der Waals surface area contributed by atoms with Gasteiger partial charge in [0.1, 0.15) is 0 Å². The van der Waals surface area contributed by atoms with Gasteiger partial charge in [-0.05, 0) is 37.6 Å². The number of benzene rings is 1. The first kappa shape index (κ1) is 16.0. The first-order valence-electron chi connectivity index (χ1n) is 5.63. The van der Waals surface area contributed by atoms with Crippen molar-refractivity contribution in [1.29, 1.82) is 0 Å². The number of hydrogen-bond donors (Lipinski definition) is 0. The fourth-order valence-electron chi connectivity index (χ4n) is 1.35. The minimum Gasteiger partial charge on any atom is -0.348 e. The molecular weight excluding hydrogens is 339 g/mol. The van der Waals surface area contributed by atoms with Gasteiger partial charge in [-0.2, -0.15) is 0 Å². The molecule has 18 heavy (non-hydrogen) atoms. The molecule has 1 rings (SSSR count). The smallest absolute Gasteiger partial charge is 0.190 e. The van der Waals surface area contributed by atoms with Gasteiger partial charge in [-0.3, -0.25) is 0 Å². The molecule has 0 aromatic heterocycles. The minimum absolute atomic E-state index is 0.410. The van der Waals surface area contributed by atoms with E-state index < -0.39 is 6.29 Å². The van der Waals surface area contributed by atoms with Crippen molar-refractivity contribution < 1.29 is 9.47 Å². The molecule has 0 saturated carbocycles. The van der Waals surface area contributed by atoms with Crippen LogP contribution in [0.15, 0.2) is 22.7 Å². The van der Waals surface area contributed by atoms with Crippen LogP contribution in [0, 0.1) is 0 Å². The van der Waals surface area contributed by atoms with Crippen LogP contribution in [0.1, 0.15) is 19.4 Å². The molecule has 0 aliphatic heterocycles. The van der Waals surface area contributed by atoms with Crippen LogP contribution < -0.4 is 0 Å². The van der Waals surface area contributed by atoms with Gasteiger partial charge in [0.05, 0.1) is 4.48 Å². The van der Waals surface area contributed by atoms with E-state index in [9.17, 15) is 0 Å². The van der Waals surface area contributed by atoms with Crippen LogP contribution >= 0.6 is 39.1 Å². The molecule has 0 spiro atoms. The van der Waals surface area contributed by atoms with Gasteiger partial charge in [0.2, 0.25) is 0 Å². The van der Waals surface area contributed by atoms with Crippen molar-refractivity contribution in [2.24, 2.45) is 0 Å². The zero-order chi connectivity index (χ0) is 13.5. The SMILES string of the molecule is CCOC(OCC)/C(Br)=C/c1ccc(Cl)cc1Cl. The summed E-state index contributed by atoms with van der Waals surface area (Å²) in [7, 11) is 0. The van der Waals surface area contributed by atoms with Crippen LogP contribution in [0.4, 0.5) is 0 Å². The van der Waals surface area contributed by atoms with E-state index in [2.05, 4.69) is 15.9 Å². The van der Waals surface area contributed by atoms with Crippen molar-refractivity contribution in [1.82, 2.24) is 0 Å². The Morgan fingerprint density at radius 2 is 1.89 bits per heavy atom. The highest BCUT2D eigenvalue weighted by Crippen LogP contribution is 2.26. The predicted octanol–water partition coefficient (Wildman–Crippen LogP) is 5.13. The Balaban J connectivity index is 2.91. The Morgan fingerprint density at radius 3 is 2.39 bits per heavy atom. The molecule has 0 bridgehead atoms. The molecule has 0 aliphatic carbocycles. The fourth-order valence-corrected chi connectivity index (χ4v) is 2.32. The number of hydrogen-bond acceptors (Lipinski definition) is 2. The third-order valence-corrected chi connectivity index (χ3v) is 3.28. The Kier molecular flexibility index (Phi) is 7.27. The summed E-state index contributed by atoms with van der Waals surface area (Å²) in [5.41, 5.74) is 0.859. The lowest BCUT2D eigenvalue weighted by molar-refractivity contribution is -0.105. The van der Waals surface area contributed by atoms with Gasteiger partial charge in [-0.25, -0.2) is 0 Å². The van der Waals surface area contributed by atoms with Crippen LogP contribution in [0.5, 0.6) is 0 Å². The summed E-state index contributed by atoms with van der Waals surface area (Å²) in [5, 5.41) is 1.20. The van der Waals surface area contributed by atoms with Crippen molar-refractivity contribution in [2.45, 2.75) is 20.1 Å². The van der Waals surface area contributed by atoms with E-state index in [1.54, 1.807) is 12.1 Å². The zero-order valence-electron chi connectivity index (χ0n) is 10.3. The maximum absolute atomic E-state index is 6.10. The van der Waals surface area contributed by atoms with Crippen molar-refractivity contribution in [2.75, 3.05) is 13.2 Å². The van der Waals surface area contributed by atoms with Gasteiger partial charge in [-0.15, -0.1) is 0 Å². The second kappa shape index (κ2) is 8.18. The van der Waals surface area contributed by atoms with Crippen molar-refractivity contribution in [3.05, 3.63) is 38.3 Å². The Hall–Kier alpha value is -0.0600. The van der Waals surface area contributed by atoms with Crippen LogP contribution in [-0.2, 0) is 9.47 Å². The van der Waals surface area contributed by atoms with Crippen LogP contribution in [0.3, 0.4) is 0 Å². The third-order valence-electron chi connectivity index (χ3n) is 2.12. The standard InChI is InChI=1S/C13H15BrCl2O2/c1-3-17-13(18-4-2)11(14)7-9-5-6-10(15)8-12(9)16/h5-8,13H,3-4H2,1-2H3/b11-7-. The third kappa shape index (κ3) is 4.90. The molecule has 0 fully saturated rings. The van der Waals surface area contributed by atoms with Crippen molar-refractivity contribution >= 4 is 45.2 Å². The molecule has 0 radical (unpaired) electrons. The van der Waals surface area contributed by atoms with Gasteiger partial charge in [0.15, 0.2) is 6.29 Å². The Morgan fingerprint density at radius 1 is 1.28 bits per heavy atom. The van der Waals surface area contributed by atoms with Gasteiger partial charge >= 0.3 is 0 Å². The lowest BCUT2D eigenvalue weighted by Gasteiger charge is -2.16. The first-order valence-corrected chi connectivity index (χ1v) is 7.18. The Labute approximate surface area is 126 Å². The molecule has 0 heterocycles. The molecule has 0 aliphatic rings. The van der Waals surface area contributed by atoms with Crippen molar-refractivity contribution in [3.63, 3.8) is 0 Å². The lowest BCUT2D eigenvalue weighted by Crippen LogP contribution is -2.17. The second-order valence-electron chi connectivity index (χ2n) is 3.44. The molecule has 100 valence electrons. The molecule has 0 N–H and O–H groups in total. The summed E-state index contributed by atoms with van der Waals surface area (Å²) < 4.78 is 11.7. The molecule has 1 aromatic rings. The average molecular weight is 354 g/mol. The van der Waals surface area contributed by atoms with E-state index in [0.717, 1.165) is 10.0 Å². The first-order chi connectivity index (χ1) is 8.58. The summed E-state index contributed by atoms with van der Waals surface area (Å²) in [6, 6.07) is 5.34. The van der Waals surface area contributed by atoms with Gasteiger partial charge in [0, 0.05) is 23.3 Å². The maximum Gasteiger partial charge on any atom is 0.190 e. The highest BCUT2D eigenvalue weighted by Gasteiger charge is 2.12. The summed E-state index contributed by atoms with van der Waals surface area (Å²) in [6.07, 6.45) is 1.46. The summed E-state index contributed by atoms with van der Waals surface area (Å²) >= 11 is 15.4. The highest BCUT2D eigenvalue weighted by molar-refractivity contribution is 9.11. The summed E-state index contributed by atoms with van der Waals surface area (Å²) in [4.78, 5) is 0. The van der Waals surface area contributed by atoms with Crippen molar-refractivity contribution in [3.8, 4) is 0 Å². The monoisotopic (exact) mass is 352 g/mol. The van der Waals surface area contributed by atoms with Gasteiger partial charge < -0.3 is 9.47 Å².